The van der Waals surface area contributed by atoms with Crippen molar-refractivity contribution >= 4 is 5.91 Å². The molecule has 32 heavy (non-hydrogen) atoms. The smallest absolute Gasteiger partial charge is 0.222 e. The van der Waals surface area contributed by atoms with E-state index in [1.807, 2.05) is 26.1 Å². The molecule has 1 N–H and O–H groups in total. The zero-order valence-corrected chi connectivity index (χ0v) is 19.8. The number of carbonyl (C=O) groups is 1. The lowest BCUT2D eigenvalue weighted by Gasteiger charge is -2.17. The minimum absolute atomic E-state index is 0.144. The summed E-state index contributed by atoms with van der Waals surface area (Å²) in [6.45, 7) is 10.1. The molecule has 2 aromatic heterocycles. The summed E-state index contributed by atoms with van der Waals surface area (Å²) in [5.74, 6) is 0.406. The van der Waals surface area contributed by atoms with Gasteiger partial charge in [0.1, 0.15) is 5.82 Å². The van der Waals surface area contributed by atoms with Crippen molar-refractivity contribution in [3.8, 4) is 11.3 Å². The Labute approximate surface area is 189 Å². The molecule has 0 saturated heterocycles. The number of halogens is 1. The van der Waals surface area contributed by atoms with Crippen molar-refractivity contribution in [2.75, 3.05) is 13.6 Å². The Hall–Kier alpha value is -2.96. The third-order valence-corrected chi connectivity index (χ3v) is 5.77. The first-order valence-corrected chi connectivity index (χ1v) is 11.3. The number of rotatable bonds is 10. The summed E-state index contributed by atoms with van der Waals surface area (Å²) in [4.78, 5) is 14.4. The number of carbonyl (C=O) groups excluding carboxylic acids is 1. The van der Waals surface area contributed by atoms with E-state index in [4.69, 9.17) is 0 Å². The molecule has 0 saturated carbocycles. The van der Waals surface area contributed by atoms with Crippen molar-refractivity contribution in [2.24, 2.45) is 5.92 Å². The highest BCUT2D eigenvalue weighted by Gasteiger charge is 2.15. The minimum Gasteiger partial charge on any atom is -0.346 e. The SMILES string of the molecule is Cc1nn(CC(C)C)c(C)c1CCC(=O)N(C)CCCc1cc(-c2cccc(F)c2)n[nH]1. The average Bonchev–Trinajstić information content (AvgIpc) is 3.31. The largest absolute Gasteiger partial charge is 0.346 e. The number of hydrogen-bond acceptors (Lipinski definition) is 3. The molecule has 2 heterocycles. The fourth-order valence-corrected chi connectivity index (χ4v) is 3.96. The number of aromatic nitrogens is 4. The standard InChI is InChI=1S/C25H34FN5O/c1-17(2)16-31-19(4)23(18(3)29-31)11-12-25(32)30(5)13-7-10-22-15-24(28-27-22)20-8-6-9-21(26)14-20/h6,8-9,14-15,17H,7,10-13,16H2,1-5H3,(H,27,28). The fraction of sp³-hybridized carbons (Fsp3) is 0.480. The van der Waals surface area contributed by atoms with Crippen molar-refractivity contribution < 1.29 is 9.18 Å². The molecule has 0 aliphatic heterocycles. The van der Waals surface area contributed by atoms with Crippen molar-refractivity contribution in [1.29, 1.82) is 0 Å². The molecule has 0 radical (unpaired) electrons. The van der Waals surface area contributed by atoms with E-state index in [1.54, 1.807) is 11.0 Å². The predicted octanol–water partition coefficient (Wildman–Crippen LogP) is 4.71. The van der Waals surface area contributed by atoms with Gasteiger partial charge < -0.3 is 4.90 Å². The Morgan fingerprint density at radius 2 is 2.00 bits per heavy atom. The maximum absolute atomic E-state index is 13.4. The molecule has 0 spiro atoms. The van der Waals surface area contributed by atoms with Crippen LogP contribution >= 0.6 is 0 Å². The van der Waals surface area contributed by atoms with Crippen LogP contribution in [0.25, 0.3) is 11.3 Å². The van der Waals surface area contributed by atoms with Gasteiger partial charge in [0.15, 0.2) is 0 Å². The van der Waals surface area contributed by atoms with Crippen LogP contribution in [0.4, 0.5) is 4.39 Å². The second kappa shape index (κ2) is 10.6. The van der Waals surface area contributed by atoms with E-state index in [2.05, 4.69) is 40.7 Å². The number of nitrogens with zero attached hydrogens (tertiary/aromatic N) is 4. The maximum atomic E-state index is 13.4. The Morgan fingerprint density at radius 3 is 2.72 bits per heavy atom. The average molecular weight is 440 g/mol. The molecule has 1 amide bonds. The van der Waals surface area contributed by atoms with E-state index in [-0.39, 0.29) is 11.7 Å². The first-order valence-electron chi connectivity index (χ1n) is 11.3. The number of amides is 1. The molecule has 6 nitrogen and oxygen atoms in total. The van der Waals surface area contributed by atoms with Gasteiger partial charge in [-0.2, -0.15) is 10.2 Å². The maximum Gasteiger partial charge on any atom is 0.222 e. The van der Waals surface area contributed by atoms with Crippen LogP contribution in [0.2, 0.25) is 0 Å². The molecule has 172 valence electrons. The summed E-state index contributed by atoms with van der Waals surface area (Å²) in [6.07, 6.45) is 2.81. The Balaban J connectivity index is 1.46. The molecule has 1 aromatic carbocycles. The van der Waals surface area contributed by atoms with E-state index in [9.17, 15) is 9.18 Å². The molecule has 0 fully saturated rings. The number of H-pyrrole nitrogens is 1. The van der Waals surface area contributed by atoms with Gasteiger partial charge in [-0.05, 0) is 62.8 Å². The van der Waals surface area contributed by atoms with Crippen LogP contribution in [-0.4, -0.2) is 44.4 Å². The monoisotopic (exact) mass is 439 g/mol. The predicted molar refractivity (Wildman–Crippen MR) is 125 cm³/mol. The quantitative estimate of drug-likeness (QED) is 0.498. The third-order valence-electron chi connectivity index (χ3n) is 5.77. The molecule has 0 aliphatic rings. The lowest BCUT2D eigenvalue weighted by molar-refractivity contribution is -0.129. The van der Waals surface area contributed by atoms with Crippen LogP contribution in [0.5, 0.6) is 0 Å². The van der Waals surface area contributed by atoms with Gasteiger partial charge >= 0.3 is 0 Å². The number of nitrogens with one attached hydrogen (secondary N) is 1. The Kier molecular flexibility index (Phi) is 7.83. The van der Waals surface area contributed by atoms with Gasteiger partial charge in [-0.1, -0.05) is 26.0 Å². The van der Waals surface area contributed by atoms with E-state index in [0.29, 0.717) is 18.9 Å². The van der Waals surface area contributed by atoms with Gasteiger partial charge in [-0.3, -0.25) is 14.6 Å². The van der Waals surface area contributed by atoms with Gasteiger partial charge in [-0.15, -0.1) is 0 Å². The number of hydrogen-bond donors (Lipinski definition) is 1. The zero-order chi connectivity index (χ0) is 23.3. The Bertz CT molecular complexity index is 1050. The van der Waals surface area contributed by atoms with Gasteiger partial charge in [0.25, 0.3) is 0 Å². The fourth-order valence-electron chi connectivity index (χ4n) is 3.96. The molecular formula is C25H34FN5O. The van der Waals surface area contributed by atoms with E-state index in [1.165, 1.54) is 23.4 Å². The van der Waals surface area contributed by atoms with Crippen LogP contribution in [0.3, 0.4) is 0 Å². The topological polar surface area (TPSA) is 66.8 Å². The third kappa shape index (κ3) is 6.05. The van der Waals surface area contributed by atoms with Crippen LogP contribution in [0, 0.1) is 25.6 Å². The molecule has 0 bridgehead atoms. The highest BCUT2D eigenvalue weighted by atomic mass is 19.1. The summed E-state index contributed by atoms with van der Waals surface area (Å²) in [6, 6.07) is 8.35. The molecule has 3 aromatic rings. The van der Waals surface area contributed by atoms with Crippen LogP contribution in [0.15, 0.2) is 30.3 Å². The highest BCUT2D eigenvalue weighted by molar-refractivity contribution is 5.76. The van der Waals surface area contributed by atoms with Gasteiger partial charge in [0.2, 0.25) is 5.91 Å². The molecular weight excluding hydrogens is 405 g/mol. The first kappa shape index (κ1) is 23.7. The van der Waals surface area contributed by atoms with Crippen molar-refractivity contribution in [3.63, 3.8) is 0 Å². The molecule has 3 rings (SSSR count). The second-order valence-electron chi connectivity index (χ2n) is 8.93. The summed E-state index contributed by atoms with van der Waals surface area (Å²) >= 11 is 0. The summed E-state index contributed by atoms with van der Waals surface area (Å²) in [7, 11) is 1.86. The Morgan fingerprint density at radius 1 is 1.22 bits per heavy atom. The van der Waals surface area contributed by atoms with E-state index >= 15 is 0 Å². The zero-order valence-electron chi connectivity index (χ0n) is 19.8. The number of aryl methyl sites for hydroxylation is 2. The summed E-state index contributed by atoms with van der Waals surface area (Å²) in [5.41, 5.74) is 5.84. The van der Waals surface area contributed by atoms with Crippen LogP contribution in [-0.2, 0) is 24.2 Å². The van der Waals surface area contributed by atoms with Crippen LogP contribution < -0.4 is 0 Å². The molecule has 0 aliphatic carbocycles. The summed E-state index contributed by atoms with van der Waals surface area (Å²) in [5, 5.41) is 11.9. The molecule has 7 heteroatoms. The second-order valence-corrected chi connectivity index (χ2v) is 8.93. The minimum atomic E-state index is -0.273. The molecule has 0 unspecified atom stereocenters. The number of benzene rings is 1. The highest BCUT2D eigenvalue weighted by Crippen LogP contribution is 2.19. The van der Waals surface area contributed by atoms with Crippen molar-refractivity contribution in [1.82, 2.24) is 24.9 Å². The van der Waals surface area contributed by atoms with Crippen molar-refractivity contribution in [3.05, 3.63) is 58.8 Å². The van der Waals surface area contributed by atoms with Gasteiger partial charge in [0, 0.05) is 43.5 Å². The van der Waals surface area contributed by atoms with Gasteiger partial charge in [0.05, 0.1) is 11.4 Å². The van der Waals surface area contributed by atoms with Gasteiger partial charge in [-0.25, -0.2) is 4.39 Å². The summed E-state index contributed by atoms with van der Waals surface area (Å²) < 4.78 is 15.5. The van der Waals surface area contributed by atoms with E-state index in [0.717, 1.165) is 48.5 Å². The lowest BCUT2D eigenvalue weighted by Crippen LogP contribution is -2.28. The lowest BCUT2D eigenvalue weighted by atomic mass is 10.1. The molecule has 0 atom stereocenters. The normalized spacial score (nSPS) is 11.3. The van der Waals surface area contributed by atoms with E-state index < -0.39 is 0 Å². The van der Waals surface area contributed by atoms with Crippen molar-refractivity contribution in [2.45, 2.75) is 59.9 Å². The van der Waals surface area contributed by atoms with Crippen LogP contribution in [0.1, 0.15) is 49.3 Å². The first-order chi connectivity index (χ1) is 15.2. The number of aromatic amines is 1.